The van der Waals surface area contributed by atoms with E-state index >= 15 is 0 Å². The monoisotopic (exact) mass is 372 g/mol. The minimum atomic E-state index is -0.516. The molecule has 0 bridgehead atoms. The maximum absolute atomic E-state index is 12.7. The third kappa shape index (κ3) is 4.29. The molecule has 0 saturated heterocycles. The van der Waals surface area contributed by atoms with E-state index in [1.807, 2.05) is 39.8 Å². The summed E-state index contributed by atoms with van der Waals surface area (Å²) in [5.41, 5.74) is 1.58. The number of ketones is 1. The van der Waals surface area contributed by atoms with Crippen molar-refractivity contribution in [2.24, 2.45) is 17.3 Å². The zero-order chi connectivity index (χ0) is 20.4. The van der Waals surface area contributed by atoms with Gasteiger partial charge in [-0.2, -0.15) is 0 Å². The topological polar surface area (TPSA) is 69.7 Å². The van der Waals surface area contributed by atoms with Gasteiger partial charge in [0.15, 0.2) is 5.78 Å². The zero-order valence-electron chi connectivity index (χ0n) is 16.9. The Bertz CT molecular complexity index is 764. The van der Waals surface area contributed by atoms with E-state index < -0.39 is 12.1 Å². The summed E-state index contributed by atoms with van der Waals surface area (Å²) >= 11 is 0. The van der Waals surface area contributed by atoms with E-state index in [9.17, 15) is 14.4 Å². The lowest BCUT2D eigenvalue weighted by Crippen LogP contribution is -2.20. The van der Waals surface area contributed by atoms with Gasteiger partial charge in [-0.25, -0.2) is 4.79 Å². The van der Waals surface area contributed by atoms with E-state index in [1.165, 1.54) is 7.11 Å². The first kappa shape index (κ1) is 20.9. The fraction of sp³-hybridized carbons (Fsp3) is 0.500. The van der Waals surface area contributed by atoms with Crippen molar-refractivity contribution in [2.75, 3.05) is 7.11 Å². The van der Waals surface area contributed by atoms with E-state index in [-0.39, 0.29) is 35.4 Å². The van der Waals surface area contributed by atoms with Gasteiger partial charge in [0.25, 0.3) is 0 Å². The van der Waals surface area contributed by atoms with Crippen LogP contribution in [0, 0.1) is 17.3 Å². The molecule has 1 fully saturated rings. The Kier molecular flexibility index (Phi) is 6.24. The average Bonchev–Trinajstić information content (AvgIpc) is 3.05. The molecule has 0 aromatic heterocycles. The van der Waals surface area contributed by atoms with E-state index in [4.69, 9.17) is 9.47 Å². The number of esters is 2. The van der Waals surface area contributed by atoms with Crippen molar-refractivity contribution in [3.8, 4) is 0 Å². The molecule has 0 radical (unpaired) electrons. The van der Waals surface area contributed by atoms with Crippen LogP contribution in [0.4, 0.5) is 0 Å². The van der Waals surface area contributed by atoms with Crippen LogP contribution in [0.2, 0.25) is 0 Å². The lowest BCUT2D eigenvalue weighted by atomic mass is 10.1. The summed E-state index contributed by atoms with van der Waals surface area (Å²) in [4.78, 5) is 36.5. The standard InChI is InChI=1S/C22H28O5/c1-7-8-9-10-15-14(3)18(12-17(15)23)27-21(25)19-16(22(19,4)5)11-13(2)20(24)26-6/h7-11,16,18-19H,12H2,1-6H3/b8-7+,10-9+,13-11+/t16-,18+,19+/m1/s1. The number of Topliss-reactive ketones (excluding diaryl/α,β-unsaturated/α-hetero) is 1. The predicted octanol–water partition coefficient (Wildman–Crippen LogP) is 3.71. The molecule has 2 rings (SSSR count). The lowest BCUT2D eigenvalue weighted by molar-refractivity contribution is -0.150. The number of allylic oxidation sites excluding steroid dienone is 6. The van der Waals surface area contributed by atoms with Crippen molar-refractivity contribution in [3.63, 3.8) is 0 Å². The Morgan fingerprint density at radius 2 is 1.89 bits per heavy atom. The quantitative estimate of drug-likeness (QED) is 0.404. The summed E-state index contributed by atoms with van der Waals surface area (Å²) in [6.07, 6.45) is 8.74. The van der Waals surface area contributed by atoms with E-state index in [0.717, 1.165) is 5.57 Å². The van der Waals surface area contributed by atoms with Crippen LogP contribution in [0.3, 0.4) is 0 Å². The highest BCUT2D eigenvalue weighted by atomic mass is 16.5. The lowest BCUT2D eigenvalue weighted by Gasteiger charge is -2.13. The van der Waals surface area contributed by atoms with Gasteiger partial charge < -0.3 is 9.47 Å². The van der Waals surface area contributed by atoms with Gasteiger partial charge in [0.2, 0.25) is 0 Å². The van der Waals surface area contributed by atoms with Gasteiger partial charge >= 0.3 is 11.9 Å². The van der Waals surface area contributed by atoms with Crippen LogP contribution in [0.1, 0.15) is 41.0 Å². The maximum Gasteiger partial charge on any atom is 0.333 e. The molecule has 0 N–H and O–H groups in total. The van der Waals surface area contributed by atoms with Crippen molar-refractivity contribution < 1.29 is 23.9 Å². The summed E-state index contributed by atoms with van der Waals surface area (Å²) in [7, 11) is 1.33. The second-order valence-corrected chi connectivity index (χ2v) is 7.70. The third-order valence-electron chi connectivity index (χ3n) is 5.51. The summed E-state index contributed by atoms with van der Waals surface area (Å²) in [5, 5.41) is 0. The number of hydrogen-bond donors (Lipinski definition) is 0. The average molecular weight is 372 g/mol. The second kappa shape index (κ2) is 8.07. The first-order chi connectivity index (χ1) is 12.6. The van der Waals surface area contributed by atoms with Gasteiger partial charge in [-0.15, -0.1) is 0 Å². The summed E-state index contributed by atoms with van der Waals surface area (Å²) in [6, 6.07) is 0. The zero-order valence-corrected chi connectivity index (χ0v) is 16.9. The van der Waals surface area contributed by atoms with Crippen LogP contribution in [-0.4, -0.2) is 30.9 Å². The van der Waals surface area contributed by atoms with E-state index in [1.54, 1.807) is 25.2 Å². The normalized spacial score (nSPS) is 27.6. The molecular weight excluding hydrogens is 344 g/mol. The van der Waals surface area contributed by atoms with Crippen molar-refractivity contribution in [3.05, 3.63) is 47.1 Å². The van der Waals surface area contributed by atoms with Crippen molar-refractivity contribution >= 4 is 17.7 Å². The van der Waals surface area contributed by atoms with Gasteiger partial charge in [0, 0.05) is 11.1 Å². The molecule has 5 nitrogen and oxygen atoms in total. The molecule has 27 heavy (non-hydrogen) atoms. The smallest absolute Gasteiger partial charge is 0.333 e. The van der Waals surface area contributed by atoms with Crippen molar-refractivity contribution in [2.45, 2.75) is 47.1 Å². The van der Waals surface area contributed by atoms with Gasteiger partial charge in [-0.3, -0.25) is 9.59 Å². The van der Waals surface area contributed by atoms with Crippen LogP contribution >= 0.6 is 0 Å². The maximum atomic E-state index is 12.7. The number of hydrogen-bond acceptors (Lipinski definition) is 5. The van der Waals surface area contributed by atoms with Crippen LogP contribution in [0.25, 0.3) is 0 Å². The highest BCUT2D eigenvalue weighted by molar-refractivity contribution is 6.02. The van der Waals surface area contributed by atoms with Gasteiger partial charge in [0.1, 0.15) is 6.10 Å². The predicted molar refractivity (Wildman–Crippen MR) is 103 cm³/mol. The van der Waals surface area contributed by atoms with Crippen molar-refractivity contribution in [1.29, 1.82) is 0 Å². The molecule has 0 aliphatic heterocycles. The molecule has 2 aliphatic rings. The summed E-state index contributed by atoms with van der Waals surface area (Å²) < 4.78 is 10.4. The number of carbonyl (C=O) groups is 3. The molecule has 0 heterocycles. The largest absolute Gasteiger partial charge is 0.466 e. The van der Waals surface area contributed by atoms with Gasteiger partial charge in [0.05, 0.1) is 19.4 Å². The number of ether oxygens (including phenoxy) is 2. The van der Waals surface area contributed by atoms with Crippen LogP contribution in [0.15, 0.2) is 47.1 Å². The molecule has 2 aliphatic carbocycles. The molecule has 0 spiro atoms. The number of methoxy groups -OCH3 is 1. The van der Waals surface area contributed by atoms with E-state index in [0.29, 0.717) is 11.1 Å². The Morgan fingerprint density at radius 1 is 1.22 bits per heavy atom. The molecule has 3 atom stereocenters. The van der Waals surface area contributed by atoms with Crippen LogP contribution in [-0.2, 0) is 23.9 Å². The molecule has 0 unspecified atom stereocenters. The number of carbonyl (C=O) groups excluding carboxylic acids is 3. The first-order valence-electron chi connectivity index (χ1n) is 9.15. The summed E-state index contributed by atoms with van der Waals surface area (Å²) in [6.45, 7) is 9.34. The van der Waals surface area contributed by atoms with Gasteiger partial charge in [-0.1, -0.05) is 44.2 Å². The Hall–Kier alpha value is -2.43. The first-order valence-corrected chi connectivity index (χ1v) is 9.15. The number of rotatable bonds is 6. The highest BCUT2D eigenvalue weighted by Crippen LogP contribution is 2.60. The van der Waals surface area contributed by atoms with Crippen molar-refractivity contribution in [1.82, 2.24) is 0 Å². The molecule has 1 saturated carbocycles. The minimum Gasteiger partial charge on any atom is -0.466 e. The minimum absolute atomic E-state index is 0.0147. The molecule has 0 aromatic rings. The van der Waals surface area contributed by atoms with Gasteiger partial charge in [-0.05, 0) is 37.7 Å². The third-order valence-corrected chi connectivity index (χ3v) is 5.51. The SMILES string of the molecule is C/C=C/C=C/C1=C(C)[C@@H](OC(=O)[C@@H]2[C@@H](/C=C(\C)C(=O)OC)C2(C)C)CC1=O. The Morgan fingerprint density at radius 3 is 2.48 bits per heavy atom. The molecule has 5 heteroatoms. The van der Waals surface area contributed by atoms with E-state index in [2.05, 4.69) is 0 Å². The summed E-state index contributed by atoms with van der Waals surface area (Å²) in [5.74, 6) is -1.15. The molecule has 146 valence electrons. The fourth-order valence-electron chi connectivity index (χ4n) is 3.59. The fourth-order valence-corrected chi connectivity index (χ4v) is 3.59. The Labute approximate surface area is 160 Å². The Balaban J connectivity index is 2.09. The van der Waals surface area contributed by atoms with Crippen LogP contribution < -0.4 is 0 Å². The molecule has 0 aromatic carbocycles. The second-order valence-electron chi connectivity index (χ2n) is 7.70. The molecular formula is C22H28O5. The molecule has 0 amide bonds. The highest BCUT2D eigenvalue weighted by Gasteiger charge is 2.62. The van der Waals surface area contributed by atoms with Crippen LogP contribution in [0.5, 0.6) is 0 Å².